The average Bonchev–Trinajstić information content (AvgIpc) is 2.98. The van der Waals surface area contributed by atoms with Crippen LogP contribution in [0.5, 0.6) is 0 Å². The summed E-state index contributed by atoms with van der Waals surface area (Å²) in [7, 11) is 1.97. The number of amides is 3. The Bertz CT molecular complexity index is 482. The van der Waals surface area contributed by atoms with Gasteiger partial charge >= 0.3 is 6.03 Å². The van der Waals surface area contributed by atoms with E-state index in [0.717, 1.165) is 18.0 Å². The molecular weight excluding hydrogens is 274 g/mol. The molecule has 3 rings (SSSR count). The minimum Gasteiger partial charge on any atom is -0.313 e. The maximum atomic E-state index is 12.2. The standard InChI is InChI=1S/C13H21N5O3/c1-16-5-4-8(6-16)12(19)15-11(14)10-3-2-9-7-17(10)13(20)18(9)21/h8-10,21H,2-7H2,1H3,(H2,14,15,19)/t8-,9-,10+/m1/s1. The summed E-state index contributed by atoms with van der Waals surface area (Å²) >= 11 is 0. The van der Waals surface area contributed by atoms with Gasteiger partial charge in [-0.1, -0.05) is 0 Å². The molecule has 8 nitrogen and oxygen atoms in total. The van der Waals surface area contributed by atoms with Gasteiger partial charge in [0.25, 0.3) is 0 Å². The van der Waals surface area contributed by atoms with Crippen LogP contribution >= 0.6 is 0 Å². The fourth-order valence-corrected chi connectivity index (χ4v) is 3.42. The Morgan fingerprint density at radius 2 is 2.10 bits per heavy atom. The Kier molecular flexibility index (Phi) is 3.58. The molecule has 3 N–H and O–H groups in total. The zero-order valence-corrected chi connectivity index (χ0v) is 12.1. The van der Waals surface area contributed by atoms with Gasteiger partial charge in [0.1, 0.15) is 5.84 Å². The lowest BCUT2D eigenvalue weighted by Crippen LogP contribution is -2.51. The molecule has 0 aromatic carbocycles. The van der Waals surface area contributed by atoms with Crippen molar-refractivity contribution in [2.45, 2.75) is 31.3 Å². The van der Waals surface area contributed by atoms with Crippen molar-refractivity contribution >= 4 is 17.8 Å². The molecule has 8 heteroatoms. The maximum Gasteiger partial charge on any atom is 0.344 e. The first-order valence-electron chi connectivity index (χ1n) is 7.34. The van der Waals surface area contributed by atoms with E-state index in [9.17, 15) is 14.8 Å². The van der Waals surface area contributed by atoms with Gasteiger partial charge in [0.15, 0.2) is 0 Å². The van der Waals surface area contributed by atoms with Crippen LogP contribution in [0.1, 0.15) is 19.3 Å². The molecule has 0 radical (unpaired) electrons. The molecule has 3 fully saturated rings. The Balaban J connectivity index is 1.61. The maximum absolute atomic E-state index is 12.2. The molecule has 3 aliphatic rings. The van der Waals surface area contributed by atoms with Crippen LogP contribution in [0.3, 0.4) is 0 Å². The number of hydrogen-bond acceptors (Lipinski definition) is 5. The van der Waals surface area contributed by atoms with Gasteiger partial charge in [0, 0.05) is 13.1 Å². The van der Waals surface area contributed by atoms with Gasteiger partial charge in [-0.25, -0.2) is 9.86 Å². The van der Waals surface area contributed by atoms with Gasteiger partial charge < -0.3 is 15.1 Å². The highest BCUT2D eigenvalue weighted by molar-refractivity contribution is 6.01. The van der Waals surface area contributed by atoms with Crippen LogP contribution in [0.4, 0.5) is 4.79 Å². The third-order valence-electron chi connectivity index (χ3n) is 4.70. The molecule has 116 valence electrons. The van der Waals surface area contributed by atoms with Crippen molar-refractivity contribution in [3.63, 3.8) is 0 Å². The van der Waals surface area contributed by atoms with Crippen molar-refractivity contribution in [3.05, 3.63) is 0 Å². The fourth-order valence-electron chi connectivity index (χ4n) is 3.42. The van der Waals surface area contributed by atoms with Crippen molar-refractivity contribution in [1.82, 2.24) is 20.2 Å². The van der Waals surface area contributed by atoms with Crippen LogP contribution in [-0.4, -0.2) is 76.6 Å². The van der Waals surface area contributed by atoms with Gasteiger partial charge in [0.2, 0.25) is 5.91 Å². The van der Waals surface area contributed by atoms with Crippen molar-refractivity contribution < 1.29 is 14.8 Å². The van der Waals surface area contributed by atoms with E-state index >= 15 is 0 Å². The second kappa shape index (κ2) is 5.27. The second-order valence-corrected chi connectivity index (χ2v) is 6.18. The molecule has 0 aliphatic carbocycles. The van der Waals surface area contributed by atoms with Crippen molar-refractivity contribution in [1.29, 1.82) is 5.41 Å². The first-order valence-corrected chi connectivity index (χ1v) is 7.34. The van der Waals surface area contributed by atoms with Crippen LogP contribution in [0.25, 0.3) is 0 Å². The number of nitrogens with zero attached hydrogens (tertiary/aromatic N) is 3. The summed E-state index contributed by atoms with van der Waals surface area (Å²) in [5.41, 5.74) is 0. The molecule has 3 heterocycles. The first kappa shape index (κ1) is 14.3. The molecule has 3 aliphatic heterocycles. The second-order valence-electron chi connectivity index (χ2n) is 6.18. The molecule has 0 saturated carbocycles. The Labute approximate surface area is 123 Å². The monoisotopic (exact) mass is 295 g/mol. The van der Waals surface area contributed by atoms with E-state index in [-0.39, 0.29) is 23.7 Å². The van der Waals surface area contributed by atoms with Gasteiger partial charge in [-0.3, -0.25) is 15.4 Å². The minimum atomic E-state index is -0.470. The summed E-state index contributed by atoms with van der Waals surface area (Å²) in [6.45, 7) is 2.02. The number of amidine groups is 1. The number of carbonyl (C=O) groups excluding carboxylic acids is 2. The molecule has 21 heavy (non-hydrogen) atoms. The van der Waals surface area contributed by atoms with Crippen LogP contribution in [-0.2, 0) is 4.79 Å². The van der Waals surface area contributed by atoms with Crippen LogP contribution < -0.4 is 5.32 Å². The summed E-state index contributed by atoms with van der Waals surface area (Å²) in [5, 5.41) is 21.1. The zero-order valence-electron chi connectivity index (χ0n) is 12.1. The largest absolute Gasteiger partial charge is 0.344 e. The molecule has 0 aromatic heterocycles. The van der Waals surface area contributed by atoms with E-state index < -0.39 is 12.1 Å². The van der Waals surface area contributed by atoms with E-state index in [1.54, 1.807) is 0 Å². The molecule has 0 aromatic rings. The van der Waals surface area contributed by atoms with Crippen LogP contribution in [0, 0.1) is 11.3 Å². The third kappa shape index (κ3) is 2.49. The zero-order chi connectivity index (χ0) is 15.1. The highest BCUT2D eigenvalue weighted by atomic mass is 16.5. The normalized spacial score (nSPS) is 32.7. The topological polar surface area (TPSA) is 100.0 Å². The van der Waals surface area contributed by atoms with Gasteiger partial charge in [-0.2, -0.15) is 0 Å². The summed E-state index contributed by atoms with van der Waals surface area (Å²) in [4.78, 5) is 27.6. The van der Waals surface area contributed by atoms with E-state index in [0.29, 0.717) is 25.9 Å². The number of urea groups is 1. The first-order chi connectivity index (χ1) is 9.97. The molecule has 2 bridgehead atoms. The van der Waals surface area contributed by atoms with Crippen LogP contribution in [0.15, 0.2) is 0 Å². The van der Waals surface area contributed by atoms with Crippen molar-refractivity contribution in [2.75, 3.05) is 26.7 Å². The number of piperidine rings is 1. The molecule has 0 spiro atoms. The van der Waals surface area contributed by atoms with Gasteiger partial charge in [0.05, 0.1) is 18.0 Å². The molecule has 0 unspecified atom stereocenters. The number of fused-ring (bicyclic) bond motifs is 2. The lowest BCUT2D eigenvalue weighted by Gasteiger charge is -2.31. The summed E-state index contributed by atoms with van der Waals surface area (Å²) in [5.74, 6) is -0.161. The van der Waals surface area contributed by atoms with Gasteiger partial charge in [-0.05, 0) is 32.9 Å². The predicted octanol–water partition coefficient (Wildman–Crippen LogP) is -0.311. The lowest BCUT2D eigenvalue weighted by molar-refractivity contribution is -0.123. The molecule has 3 amide bonds. The minimum absolute atomic E-state index is 0.0663. The van der Waals surface area contributed by atoms with E-state index in [1.807, 2.05) is 7.05 Å². The van der Waals surface area contributed by atoms with Crippen molar-refractivity contribution in [3.8, 4) is 0 Å². The average molecular weight is 295 g/mol. The number of rotatable bonds is 2. The lowest BCUT2D eigenvalue weighted by atomic mass is 9.99. The molecule has 3 saturated heterocycles. The summed E-state index contributed by atoms with van der Waals surface area (Å²) in [6.07, 6.45) is 2.04. The Morgan fingerprint density at radius 1 is 1.33 bits per heavy atom. The number of nitrogens with one attached hydrogen (secondary N) is 2. The van der Waals surface area contributed by atoms with E-state index in [4.69, 9.17) is 5.41 Å². The smallest absolute Gasteiger partial charge is 0.313 e. The van der Waals surface area contributed by atoms with Gasteiger partial charge in [-0.15, -0.1) is 0 Å². The Morgan fingerprint density at radius 3 is 2.76 bits per heavy atom. The number of hydrogen-bond donors (Lipinski definition) is 3. The Hall–Kier alpha value is -1.67. The third-order valence-corrected chi connectivity index (χ3v) is 4.70. The van der Waals surface area contributed by atoms with Crippen LogP contribution in [0.2, 0.25) is 0 Å². The van der Waals surface area contributed by atoms with E-state index in [1.165, 1.54) is 4.90 Å². The molecule has 3 atom stereocenters. The highest BCUT2D eigenvalue weighted by Gasteiger charge is 2.46. The summed E-state index contributed by atoms with van der Waals surface area (Å²) < 4.78 is 0. The van der Waals surface area contributed by atoms with Crippen molar-refractivity contribution in [2.24, 2.45) is 5.92 Å². The highest BCUT2D eigenvalue weighted by Crippen LogP contribution is 2.28. The molecular formula is C13H21N5O3. The number of hydroxylamine groups is 2. The predicted molar refractivity (Wildman–Crippen MR) is 74.0 cm³/mol. The quantitative estimate of drug-likeness (QED) is 0.369. The number of carbonyl (C=O) groups is 2. The number of likely N-dealkylation sites (tertiary alicyclic amines) is 1. The summed E-state index contributed by atoms with van der Waals surface area (Å²) in [6, 6.07) is -1.09. The fraction of sp³-hybridized carbons (Fsp3) is 0.769. The SMILES string of the molecule is CN1CC[C@@H](C(=O)NC(=N)[C@@H]2CC[C@@H]3CN2C(=O)N3O)C1. The van der Waals surface area contributed by atoms with E-state index in [2.05, 4.69) is 10.2 Å².